The summed E-state index contributed by atoms with van der Waals surface area (Å²) in [5.41, 5.74) is 5.66. The van der Waals surface area contributed by atoms with E-state index >= 15 is 0 Å². The largest absolute Gasteiger partial charge is 0.497 e. The zero-order chi connectivity index (χ0) is 19.6. The van der Waals surface area contributed by atoms with Crippen LogP contribution in [0.2, 0.25) is 0 Å². The highest BCUT2D eigenvalue weighted by atomic mass is 32.2. The molecule has 0 radical (unpaired) electrons. The fraction of sp³-hybridized carbons (Fsp3) is 0.125. The molecule has 0 aromatic heterocycles. The number of hydrogen-bond donors (Lipinski definition) is 5. The monoisotopic (exact) mass is 380 g/mol. The molecule has 0 saturated carbocycles. The third-order valence-electron chi connectivity index (χ3n) is 2.91. The first-order valence-corrected chi connectivity index (χ1v) is 8.66. The molecule has 0 spiro atoms. The minimum Gasteiger partial charge on any atom is -0.497 e. The molecule has 2 aromatic carbocycles. The van der Waals surface area contributed by atoms with Gasteiger partial charge in [0.15, 0.2) is 0 Å². The van der Waals surface area contributed by atoms with Crippen LogP contribution in [0.3, 0.4) is 0 Å². The van der Waals surface area contributed by atoms with Crippen LogP contribution in [0.5, 0.6) is 5.75 Å². The lowest BCUT2D eigenvalue weighted by Crippen LogP contribution is -2.30. The Hall–Kier alpha value is -2.95. The van der Waals surface area contributed by atoms with E-state index < -0.39 is 10.1 Å². The van der Waals surface area contributed by atoms with Gasteiger partial charge in [0.25, 0.3) is 10.1 Å². The fourth-order valence-corrected chi connectivity index (χ4v) is 2.11. The first-order chi connectivity index (χ1) is 12.3. The van der Waals surface area contributed by atoms with Gasteiger partial charge in [-0.15, -0.1) is 0 Å². The first kappa shape index (κ1) is 21.1. The topological polar surface area (TPSA) is 144 Å². The highest BCUT2D eigenvalue weighted by molar-refractivity contribution is 7.85. The predicted octanol–water partition coefficient (Wildman–Crippen LogP) is 1.77. The molecule has 9 nitrogen and oxygen atoms in total. The summed E-state index contributed by atoms with van der Waals surface area (Å²) < 4.78 is 34.6. The second kappa shape index (κ2) is 10.1. The summed E-state index contributed by atoms with van der Waals surface area (Å²) in [6.07, 6.45) is 1.51. The van der Waals surface area contributed by atoms with Crippen LogP contribution in [-0.2, 0) is 10.1 Å². The molecule has 0 aliphatic carbocycles. The highest BCUT2D eigenvalue weighted by Gasteiger charge is 2.06. The van der Waals surface area contributed by atoms with Crippen molar-refractivity contribution < 1.29 is 22.9 Å². The van der Waals surface area contributed by atoms with Gasteiger partial charge in [-0.25, -0.2) is 10.9 Å². The number of rotatable bonds is 4. The number of nitrogens with zero attached hydrogens (tertiary/aromatic N) is 1. The molecule has 0 saturated heterocycles. The van der Waals surface area contributed by atoms with Crippen molar-refractivity contribution in [3.63, 3.8) is 0 Å². The number of hydrazone groups is 1. The Morgan fingerprint density at radius 1 is 1.23 bits per heavy atom. The molecule has 5 N–H and O–H groups in total. The normalized spacial score (nSPS) is 10.6. The number of hydrogen-bond acceptors (Lipinski definition) is 6. The van der Waals surface area contributed by atoms with Gasteiger partial charge in [0.05, 0.1) is 18.2 Å². The molecule has 0 atom stereocenters. The van der Waals surface area contributed by atoms with E-state index in [1.807, 2.05) is 25.1 Å². The summed E-state index contributed by atoms with van der Waals surface area (Å²) in [5, 5.41) is 19.0. The second-order valence-corrected chi connectivity index (χ2v) is 6.34. The summed E-state index contributed by atoms with van der Waals surface area (Å²) in [6.45, 7) is 1.84. The summed E-state index contributed by atoms with van der Waals surface area (Å²) in [4.78, 5) is -0.0666. The minimum atomic E-state index is -4.02. The van der Waals surface area contributed by atoms with E-state index in [-0.39, 0.29) is 10.9 Å². The average molecular weight is 380 g/mol. The van der Waals surface area contributed by atoms with Gasteiger partial charge >= 0.3 is 0 Å². The molecular formula is C16H20N4O5S. The van der Waals surface area contributed by atoms with Gasteiger partial charge < -0.3 is 4.74 Å². The predicted molar refractivity (Wildman–Crippen MR) is 97.4 cm³/mol. The second-order valence-electron chi connectivity index (χ2n) is 4.92. The van der Waals surface area contributed by atoms with Crippen molar-refractivity contribution in [1.82, 2.24) is 10.9 Å². The van der Waals surface area contributed by atoms with E-state index in [0.717, 1.165) is 16.9 Å². The van der Waals surface area contributed by atoms with Gasteiger partial charge in [0, 0.05) is 0 Å². The molecular weight excluding hydrogens is 360 g/mol. The molecule has 0 bridgehead atoms. The number of aryl methyl sites for hydroxylation is 1. The highest BCUT2D eigenvalue weighted by Crippen LogP contribution is 2.10. The maximum atomic E-state index is 10.5. The molecule has 10 heteroatoms. The van der Waals surface area contributed by atoms with Gasteiger partial charge in [-0.05, 0) is 36.8 Å². The van der Waals surface area contributed by atoms with E-state index in [1.54, 1.807) is 30.8 Å². The zero-order valence-corrected chi connectivity index (χ0v) is 15.0. The maximum absolute atomic E-state index is 10.5. The van der Waals surface area contributed by atoms with E-state index in [4.69, 9.17) is 19.9 Å². The number of hydroxylamine groups is 1. The third kappa shape index (κ3) is 7.75. The Morgan fingerprint density at radius 2 is 1.88 bits per heavy atom. The lowest BCUT2D eigenvalue weighted by atomic mass is 10.2. The smallest absolute Gasteiger partial charge is 0.294 e. The van der Waals surface area contributed by atoms with Crippen LogP contribution >= 0.6 is 0 Å². The van der Waals surface area contributed by atoms with Crippen molar-refractivity contribution >= 4 is 22.3 Å². The Balaban J connectivity index is 0.000000273. The molecule has 0 fully saturated rings. The molecule has 0 amide bonds. The van der Waals surface area contributed by atoms with Crippen LogP contribution in [-0.4, -0.2) is 37.5 Å². The number of benzene rings is 2. The van der Waals surface area contributed by atoms with Crippen molar-refractivity contribution in [3.05, 3.63) is 59.7 Å². The molecule has 2 rings (SSSR count). The number of methoxy groups -OCH3 is 1. The summed E-state index contributed by atoms with van der Waals surface area (Å²) in [5.74, 6) is 0.434. The average Bonchev–Trinajstić information content (AvgIpc) is 2.62. The third-order valence-corrected chi connectivity index (χ3v) is 3.78. The van der Waals surface area contributed by atoms with Crippen LogP contribution in [0, 0.1) is 12.3 Å². The van der Waals surface area contributed by atoms with E-state index in [0.29, 0.717) is 0 Å². The van der Waals surface area contributed by atoms with E-state index in [2.05, 4.69) is 10.5 Å². The Labute approximate surface area is 151 Å². The molecule has 0 aliphatic rings. The molecule has 0 heterocycles. The van der Waals surface area contributed by atoms with E-state index in [1.165, 1.54) is 18.3 Å². The van der Waals surface area contributed by atoms with Gasteiger partial charge in [0.2, 0.25) is 5.96 Å². The van der Waals surface area contributed by atoms with Crippen LogP contribution in [0.15, 0.2) is 58.5 Å². The SMILES string of the molecule is COc1cccc(C=NNC(=N)NO)c1.Cc1ccc(S(=O)(=O)O)cc1. The first-order valence-electron chi connectivity index (χ1n) is 7.22. The van der Waals surface area contributed by atoms with Gasteiger partial charge in [0.1, 0.15) is 5.75 Å². The zero-order valence-electron chi connectivity index (χ0n) is 14.2. The molecule has 140 valence electrons. The summed E-state index contributed by atoms with van der Waals surface area (Å²) in [7, 11) is -2.44. The van der Waals surface area contributed by atoms with Gasteiger partial charge in [-0.3, -0.25) is 15.2 Å². The lowest BCUT2D eigenvalue weighted by Gasteiger charge is -2.00. The van der Waals surface area contributed by atoms with Crippen molar-refractivity contribution in [1.29, 1.82) is 5.41 Å². The maximum Gasteiger partial charge on any atom is 0.294 e. The molecule has 2 aromatic rings. The van der Waals surface area contributed by atoms with Gasteiger partial charge in [-0.1, -0.05) is 29.8 Å². The van der Waals surface area contributed by atoms with E-state index in [9.17, 15) is 8.42 Å². The van der Waals surface area contributed by atoms with Crippen molar-refractivity contribution in [3.8, 4) is 5.75 Å². The Morgan fingerprint density at radius 3 is 2.42 bits per heavy atom. The van der Waals surface area contributed by atoms with Crippen LogP contribution in [0.1, 0.15) is 11.1 Å². The minimum absolute atomic E-state index is 0.0666. The lowest BCUT2D eigenvalue weighted by molar-refractivity contribution is 0.228. The Kier molecular flexibility index (Phi) is 8.22. The van der Waals surface area contributed by atoms with Crippen molar-refractivity contribution in [2.45, 2.75) is 11.8 Å². The summed E-state index contributed by atoms with van der Waals surface area (Å²) in [6, 6.07) is 13.3. The van der Waals surface area contributed by atoms with Crippen LogP contribution < -0.4 is 15.6 Å². The molecule has 0 aliphatic heterocycles. The van der Waals surface area contributed by atoms with Crippen LogP contribution in [0.25, 0.3) is 0 Å². The van der Waals surface area contributed by atoms with Crippen LogP contribution in [0.4, 0.5) is 0 Å². The number of nitrogens with one attached hydrogen (secondary N) is 3. The van der Waals surface area contributed by atoms with Gasteiger partial charge in [-0.2, -0.15) is 13.5 Å². The molecule has 26 heavy (non-hydrogen) atoms. The van der Waals surface area contributed by atoms with Crippen molar-refractivity contribution in [2.24, 2.45) is 5.10 Å². The Bertz CT molecular complexity index is 851. The quantitative estimate of drug-likeness (QED) is 0.235. The number of guanidine groups is 1. The van der Waals surface area contributed by atoms with Crippen molar-refractivity contribution in [2.75, 3.05) is 7.11 Å². The molecule has 0 unspecified atom stereocenters. The fourth-order valence-electron chi connectivity index (χ4n) is 1.63. The standard InChI is InChI=1S/C9H12N4O2.C7H8O3S/c1-15-8-4-2-3-7(5-8)6-11-12-9(10)13-14;1-6-2-4-7(5-3-6)11(8,9)10/h2-6,14H,1H3,(H3,10,12,13);2-5H,1H3,(H,8,9,10). The summed E-state index contributed by atoms with van der Waals surface area (Å²) >= 11 is 0. The number of ether oxygens (including phenoxy) is 1.